The zero-order valence-corrected chi connectivity index (χ0v) is 11.2. The lowest BCUT2D eigenvalue weighted by atomic mass is 10.2. The monoisotopic (exact) mass is 278 g/mol. The van der Waals surface area contributed by atoms with Gasteiger partial charge in [-0.25, -0.2) is 9.78 Å². The Morgan fingerprint density at radius 1 is 1.25 bits per heavy atom. The molecule has 0 aromatic carbocycles. The van der Waals surface area contributed by atoms with Crippen molar-refractivity contribution in [3.63, 3.8) is 0 Å². The number of carboxylic acids is 1. The van der Waals surface area contributed by atoms with E-state index in [1.54, 1.807) is 11.0 Å². The summed E-state index contributed by atoms with van der Waals surface area (Å²) in [5, 5.41) is 8.98. The summed E-state index contributed by atoms with van der Waals surface area (Å²) in [6.07, 6.45) is 5.71. The van der Waals surface area contributed by atoms with Crippen LogP contribution in [0.15, 0.2) is 18.3 Å². The van der Waals surface area contributed by atoms with Crippen LogP contribution in [0.1, 0.15) is 36.2 Å². The Kier molecular flexibility index (Phi) is 4.92. The van der Waals surface area contributed by atoms with Gasteiger partial charge in [-0.2, -0.15) is 0 Å². The van der Waals surface area contributed by atoms with Gasteiger partial charge in [0, 0.05) is 19.3 Å². The van der Waals surface area contributed by atoms with Crippen LogP contribution in [0.2, 0.25) is 0 Å². The molecule has 1 aromatic rings. The van der Waals surface area contributed by atoms with E-state index in [-0.39, 0.29) is 24.0 Å². The first kappa shape index (κ1) is 14.3. The predicted octanol–water partition coefficient (Wildman–Crippen LogP) is 1.56. The first-order valence-electron chi connectivity index (χ1n) is 6.77. The van der Waals surface area contributed by atoms with Crippen LogP contribution in [-0.2, 0) is 4.79 Å². The Hall–Kier alpha value is -2.11. The van der Waals surface area contributed by atoms with Crippen LogP contribution in [0, 0.1) is 0 Å². The van der Waals surface area contributed by atoms with E-state index < -0.39 is 5.97 Å². The second-order valence-corrected chi connectivity index (χ2v) is 4.74. The van der Waals surface area contributed by atoms with Crippen molar-refractivity contribution in [2.24, 2.45) is 0 Å². The van der Waals surface area contributed by atoms with E-state index in [9.17, 15) is 9.59 Å². The third-order valence-corrected chi connectivity index (χ3v) is 3.28. The van der Waals surface area contributed by atoms with Gasteiger partial charge in [0.25, 0.3) is 5.91 Å². The van der Waals surface area contributed by atoms with Crippen LogP contribution in [0.5, 0.6) is 5.75 Å². The molecule has 2 rings (SSSR count). The summed E-state index contributed by atoms with van der Waals surface area (Å²) >= 11 is 0. The zero-order chi connectivity index (χ0) is 14.4. The molecule has 6 heteroatoms. The van der Waals surface area contributed by atoms with Gasteiger partial charge in [-0.3, -0.25) is 4.79 Å². The summed E-state index contributed by atoms with van der Waals surface area (Å²) in [6.45, 7) is 1.36. The highest BCUT2D eigenvalue weighted by atomic mass is 16.5. The number of aromatic carboxylic acids is 1. The minimum Gasteiger partial charge on any atom is -0.481 e. The maximum absolute atomic E-state index is 12.0. The number of likely N-dealkylation sites (tertiary alicyclic amines) is 1. The van der Waals surface area contributed by atoms with Gasteiger partial charge in [-0.15, -0.1) is 0 Å². The number of pyridine rings is 1. The summed E-state index contributed by atoms with van der Waals surface area (Å²) in [5.74, 6) is -1.14. The summed E-state index contributed by atoms with van der Waals surface area (Å²) in [5.41, 5.74) is -0.170. The average Bonchev–Trinajstić information content (AvgIpc) is 2.74. The minimum absolute atomic E-state index is 0.105. The summed E-state index contributed by atoms with van der Waals surface area (Å²) in [7, 11) is 0. The van der Waals surface area contributed by atoms with E-state index in [4.69, 9.17) is 9.84 Å². The van der Waals surface area contributed by atoms with Crippen LogP contribution in [-0.4, -0.2) is 46.6 Å². The maximum Gasteiger partial charge on any atom is 0.358 e. The van der Waals surface area contributed by atoms with E-state index in [2.05, 4.69) is 4.98 Å². The normalized spacial score (nSPS) is 15.5. The topological polar surface area (TPSA) is 79.7 Å². The fourth-order valence-corrected chi connectivity index (χ4v) is 2.22. The molecule has 0 spiro atoms. The molecule has 0 unspecified atom stereocenters. The first-order valence-corrected chi connectivity index (χ1v) is 6.77. The van der Waals surface area contributed by atoms with Crippen LogP contribution in [0.3, 0.4) is 0 Å². The molecular weight excluding hydrogens is 260 g/mol. The molecule has 108 valence electrons. The fourth-order valence-electron chi connectivity index (χ4n) is 2.22. The van der Waals surface area contributed by atoms with E-state index >= 15 is 0 Å². The highest BCUT2D eigenvalue weighted by Gasteiger charge is 2.18. The minimum atomic E-state index is -1.16. The van der Waals surface area contributed by atoms with E-state index in [0.717, 1.165) is 38.8 Å². The third-order valence-electron chi connectivity index (χ3n) is 3.28. The van der Waals surface area contributed by atoms with Gasteiger partial charge >= 0.3 is 5.97 Å². The Bertz CT molecular complexity index is 482. The van der Waals surface area contributed by atoms with Crippen molar-refractivity contribution < 1.29 is 19.4 Å². The van der Waals surface area contributed by atoms with E-state index in [1.165, 1.54) is 12.3 Å². The Morgan fingerprint density at radius 2 is 1.95 bits per heavy atom. The highest BCUT2D eigenvalue weighted by Crippen LogP contribution is 2.16. The molecule has 1 aliphatic rings. The van der Waals surface area contributed by atoms with Crippen molar-refractivity contribution in [2.45, 2.75) is 25.7 Å². The number of carbonyl (C=O) groups is 2. The predicted molar refractivity (Wildman–Crippen MR) is 71.7 cm³/mol. The molecule has 1 amide bonds. The quantitative estimate of drug-likeness (QED) is 0.904. The molecule has 0 radical (unpaired) electrons. The summed E-state index contributed by atoms with van der Waals surface area (Å²) in [6, 6.07) is 3.09. The Morgan fingerprint density at radius 3 is 2.60 bits per heavy atom. The molecule has 1 saturated heterocycles. The molecule has 2 heterocycles. The molecular formula is C14H18N2O4. The van der Waals surface area contributed by atoms with Gasteiger partial charge in [-0.1, -0.05) is 12.8 Å². The van der Waals surface area contributed by atoms with Crippen molar-refractivity contribution >= 4 is 11.9 Å². The number of hydrogen-bond donors (Lipinski definition) is 1. The average molecular weight is 278 g/mol. The number of rotatable bonds is 4. The largest absolute Gasteiger partial charge is 0.481 e. The zero-order valence-electron chi connectivity index (χ0n) is 11.2. The van der Waals surface area contributed by atoms with Crippen LogP contribution in [0.25, 0.3) is 0 Å². The Labute approximate surface area is 117 Å². The number of hydrogen-bond acceptors (Lipinski definition) is 4. The number of ether oxygens (including phenoxy) is 1. The number of amides is 1. The van der Waals surface area contributed by atoms with Gasteiger partial charge in [0.2, 0.25) is 0 Å². The lowest BCUT2D eigenvalue weighted by Gasteiger charge is -2.20. The third kappa shape index (κ3) is 3.69. The number of carbonyl (C=O) groups excluding carboxylic acids is 1. The summed E-state index contributed by atoms with van der Waals surface area (Å²) < 4.78 is 5.32. The number of nitrogens with zero attached hydrogens (tertiary/aromatic N) is 2. The second-order valence-electron chi connectivity index (χ2n) is 4.74. The molecule has 0 bridgehead atoms. The van der Waals surface area contributed by atoms with Gasteiger partial charge < -0.3 is 14.7 Å². The van der Waals surface area contributed by atoms with Crippen molar-refractivity contribution in [1.82, 2.24) is 9.88 Å². The second kappa shape index (κ2) is 6.88. The number of aromatic nitrogens is 1. The SMILES string of the molecule is O=C(O)c1ncccc1OCC(=O)N1CCCCCC1. The van der Waals surface area contributed by atoms with Crippen molar-refractivity contribution in [2.75, 3.05) is 19.7 Å². The van der Waals surface area contributed by atoms with Crippen LogP contribution in [0.4, 0.5) is 0 Å². The lowest BCUT2D eigenvalue weighted by Crippen LogP contribution is -2.35. The standard InChI is InChI=1S/C14H18N2O4/c17-12(16-8-3-1-2-4-9-16)10-20-11-6-5-7-15-13(11)14(18)19/h5-7H,1-4,8-10H2,(H,18,19). The Balaban J connectivity index is 1.94. The molecule has 1 aromatic heterocycles. The lowest BCUT2D eigenvalue weighted by molar-refractivity contribution is -0.133. The van der Waals surface area contributed by atoms with Crippen LogP contribution < -0.4 is 4.74 Å². The first-order chi connectivity index (χ1) is 9.68. The molecule has 6 nitrogen and oxygen atoms in total. The van der Waals surface area contributed by atoms with Crippen molar-refractivity contribution in [1.29, 1.82) is 0 Å². The molecule has 0 aliphatic carbocycles. The van der Waals surface area contributed by atoms with Gasteiger partial charge in [-0.05, 0) is 25.0 Å². The molecule has 1 N–H and O–H groups in total. The van der Waals surface area contributed by atoms with Crippen molar-refractivity contribution in [3.8, 4) is 5.75 Å². The molecule has 20 heavy (non-hydrogen) atoms. The highest BCUT2D eigenvalue weighted by molar-refractivity contribution is 5.88. The van der Waals surface area contributed by atoms with Gasteiger partial charge in [0.05, 0.1) is 0 Å². The van der Waals surface area contributed by atoms with E-state index in [1.807, 2.05) is 0 Å². The fraction of sp³-hybridized carbons (Fsp3) is 0.500. The van der Waals surface area contributed by atoms with Crippen LogP contribution >= 0.6 is 0 Å². The maximum atomic E-state index is 12.0. The summed E-state index contributed by atoms with van der Waals surface area (Å²) in [4.78, 5) is 28.5. The van der Waals surface area contributed by atoms with Gasteiger partial charge in [0.15, 0.2) is 18.1 Å². The van der Waals surface area contributed by atoms with E-state index in [0.29, 0.717) is 0 Å². The molecule has 0 saturated carbocycles. The van der Waals surface area contributed by atoms with Crippen molar-refractivity contribution in [3.05, 3.63) is 24.0 Å². The molecule has 1 aliphatic heterocycles. The molecule has 0 atom stereocenters. The molecule has 1 fully saturated rings. The smallest absolute Gasteiger partial charge is 0.358 e. The number of carboxylic acid groups (broad SMARTS) is 1. The van der Waals surface area contributed by atoms with Gasteiger partial charge in [0.1, 0.15) is 0 Å².